The number of benzene rings is 3. The fourth-order valence-electron chi connectivity index (χ4n) is 4.09. The molecule has 208 valence electrons. The van der Waals surface area contributed by atoms with Crippen LogP contribution in [0.4, 0.5) is 5.69 Å². The van der Waals surface area contributed by atoms with E-state index in [0.717, 1.165) is 39.0 Å². The highest BCUT2D eigenvalue weighted by molar-refractivity contribution is 9.10. The minimum Gasteiger partial charge on any atom is -0.354 e. The lowest BCUT2D eigenvalue weighted by atomic mass is 10.0. The maximum atomic E-state index is 14.0. The Morgan fingerprint density at radius 2 is 1.59 bits per heavy atom. The van der Waals surface area contributed by atoms with Gasteiger partial charge in [0.05, 0.1) is 11.9 Å². The minimum atomic E-state index is -3.81. The standard InChI is InChI=1S/C29H33Br2N3O4S/c1-3-4-17-32-29(36)27(18-22-9-6-5-7-10-22)33(20-23-13-15-24(30)16-14-23)28(35)21-34(39(2,37)38)26-12-8-11-25(31)19-26/h5-16,19,27H,3-4,17-18,20-21H2,1-2H3,(H,32,36)/t27-/m0/s1. The highest BCUT2D eigenvalue weighted by Crippen LogP contribution is 2.24. The molecule has 0 aliphatic rings. The van der Waals surface area contributed by atoms with Gasteiger partial charge < -0.3 is 10.2 Å². The summed E-state index contributed by atoms with van der Waals surface area (Å²) in [5, 5.41) is 2.98. The SMILES string of the molecule is CCCCNC(=O)[C@H](Cc1ccccc1)N(Cc1ccc(Br)cc1)C(=O)CN(c1cccc(Br)c1)S(C)(=O)=O. The molecule has 0 aliphatic carbocycles. The summed E-state index contributed by atoms with van der Waals surface area (Å²) in [5.74, 6) is -0.749. The first-order chi connectivity index (χ1) is 18.6. The van der Waals surface area contributed by atoms with Crippen molar-refractivity contribution >= 4 is 59.4 Å². The van der Waals surface area contributed by atoms with Crippen LogP contribution in [-0.2, 0) is 32.6 Å². The summed E-state index contributed by atoms with van der Waals surface area (Å²) in [4.78, 5) is 29.1. The number of amides is 2. The highest BCUT2D eigenvalue weighted by Gasteiger charge is 2.33. The van der Waals surface area contributed by atoms with Gasteiger partial charge in [-0.25, -0.2) is 8.42 Å². The number of rotatable bonds is 13. The minimum absolute atomic E-state index is 0.140. The van der Waals surface area contributed by atoms with Crippen molar-refractivity contribution < 1.29 is 18.0 Å². The van der Waals surface area contributed by atoms with Crippen LogP contribution >= 0.6 is 31.9 Å². The number of unbranched alkanes of at least 4 members (excludes halogenated alkanes) is 1. The zero-order valence-corrected chi connectivity index (χ0v) is 26.0. The second-order valence-electron chi connectivity index (χ2n) is 9.25. The van der Waals surface area contributed by atoms with Crippen molar-refractivity contribution in [2.75, 3.05) is 23.7 Å². The van der Waals surface area contributed by atoms with Crippen LogP contribution in [0.2, 0.25) is 0 Å². The van der Waals surface area contributed by atoms with Gasteiger partial charge in [0.25, 0.3) is 0 Å². The fourth-order valence-corrected chi connectivity index (χ4v) is 5.58. The highest BCUT2D eigenvalue weighted by atomic mass is 79.9. The Bertz CT molecular complexity index is 1350. The van der Waals surface area contributed by atoms with Gasteiger partial charge in [-0.15, -0.1) is 0 Å². The monoisotopic (exact) mass is 677 g/mol. The van der Waals surface area contributed by atoms with Crippen molar-refractivity contribution in [3.05, 3.63) is 98.9 Å². The second-order valence-corrected chi connectivity index (χ2v) is 13.0. The van der Waals surface area contributed by atoms with Gasteiger partial charge >= 0.3 is 0 Å². The molecule has 0 aromatic heterocycles. The lowest BCUT2D eigenvalue weighted by Gasteiger charge is -2.33. The van der Waals surface area contributed by atoms with E-state index in [2.05, 4.69) is 37.2 Å². The zero-order valence-electron chi connectivity index (χ0n) is 22.0. The van der Waals surface area contributed by atoms with E-state index in [-0.39, 0.29) is 18.9 Å². The van der Waals surface area contributed by atoms with Gasteiger partial charge in [0.15, 0.2) is 0 Å². The number of carbonyl (C=O) groups is 2. The van der Waals surface area contributed by atoms with Crippen LogP contribution in [0, 0.1) is 0 Å². The average Bonchev–Trinajstić information content (AvgIpc) is 2.90. The molecule has 0 saturated carbocycles. The molecule has 0 aliphatic heterocycles. The molecule has 3 aromatic carbocycles. The molecule has 39 heavy (non-hydrogen) atoms. The Morgan fingerprint density at radius 3 is 2.21 bits per heavy atom. The number of hydrogen-bond donors (Lipinski definition) is 1. The van der Waals surface area contributed by atoms with E-state index < -0.39 is 28.5 Å². The first kappa shape index (κ1) is 30.8. The van der Waals surface area contributed by atoms with Crippen LogP contribution in [0.15, 0.2) is 87.8 Å². The molecule has 3 rings (SSSR count). The smallest absolute Gasteiger partial charge is 0.244 e. The van der Waals surface area contributed by atoms with Crippen LogP contribution in [0.25, 0.3) is 0 Å². The molecular formula is C29H33Br2N3O4S. The van der Waals surface area contributed by atoms with E-state index in [4.69, 9.17) is 0 Å². The van der Waals surface area contributed by atoms with Crippen LogP contribution in [-0.4, -0.2) is 50.5 Å². The molecule has 2 amide bonds. The van der Waals surface area contributed by atoms with Crippen LogP contribution in [0.3, 0.4) is 0 Å². The lowest BCUT2D eigenvalue weighted by Crippen LogP contribution is -2.53. The fraction of sp³-hybridized carbons (Fsp3) is 0.310. The first-order valence-corrected chi connectivity index (χ1v) is 16.1. The second kappa shape index (κ2) is 14.6. The van der Waals surface area contributed by atoms with E-state index in [0.29, 0.717) is 16.7 Å². The number of sulfonamides is 1. The van der Waals surface area contributed by atoms with E-state index >= 15 is 0 Å². The molecule has 0 spiro atoms. The molecular weight excluding hydrogens is 646 g/mol. The van der Waals surface area contributed by atoms with Gasteiger partial charge in [-0.2, -0.15) is 0 Å². The first-order valence-electron chi connectivity index (χ1n) is 12.7. The number of nitrogens with one attached hydrogen (secondary N) is 1. The molecule has 0 unspecified atom stereocenters. The molecule has 1 atom stereocenters. The lowest BCUT2D eigenvalue weighted by molar-refractivity contribution is -0.140. The Morgan fingerprint density at radius 1 is 0.897 bits per heavy atom. The van der Waals surface area contributed by atoms with Gasteiger partial charge in [0.1, 0.15) is 12.6 Å². The van der Waals surface area contributed by atoms with Crippen molar-refractivity contribution in [2.24, 2.45) is 0 Å². The van der Waals surface area contributed by atoms with E-state index in [9.17, 15) is 18.0 Å². The van der Waals surface area contributed by atoms with Crippen molar-refractivity contribution in [3.63, 3.8) is 0 Å². The Balaban J connectivity index is 2.02. The zero-order chi connectivity index (χ0) is 28.4. The number of nitrogens with zero attached hydrogens (tertiary/aromatic N) is 2. The van der Waals surface area contributed by atoms with Gasteiger partial charge in [-0.1, -0.05) is 93.7 Å². The van der Waals surface area contributed by atoms with Crippen LogP contribution < -0.4 is 9.62 Å². The van der Waals surface area contributed by atoms with Crippen molar-refractivity contribution in [2.45, 2.75) is 38.8 Å². The Labute approximate surface area is 247 Å². The predicted octanol–water partition coefficient (Wildman–Crippen LogP) is 5.53. The summed E-state index contributed by atoms with van der Waals surface area (Å²) in [7, 11) is -3.81. The third-order valence-corrected chi connectivity index (χ3v) is 8.30. The van der Waals surface area contributed by atoms with E-state index in [1.54, 1.807) is 24.3 Å². The van der Waals surface area contributed by atoms with Crippen LogP contribution in [0.5, 0.6) is 0 Å². The number of anilines is 1. The Kier molecular flexibility index (Phi) is 11.6. The normalized spacial score (nSPS) is 12.0. The van der Waals surface area contributed by atoms with E-state index in [1.807, 2.05) is 61.5 Å². The quantitative estimate of drug-likeness (QED) is 0.241. The summed E-state index contributed by atoms with van der Waals surface area (Å²) >= 11 is 6.81. The summed E-state index contributed by atoms with van der Waals surface area (Å²) in [5.41, 5.74) is 2.07. The van der Waals surface area contributed by atoms with Crippen molar-refractivity contribution in [1.82, 2.24) is 10.2 Å². The topological polar surface area (TPSA) is 86.8 Å². The maximum absolute atomic E-state index is 14.0. The third-order valence-electron chi connectivity index (χ3n) is 6.14. The summed E-state index contributed by atoms with van der Waals surface area (Å²) in [6, 6.07) is 22.9. The van der Waals surface area contributed by atoms with Gasteiger partial charge in [0.2, 0.25) is 21.8 Å². The van der Waals surface area contributed by atoms with Gasteiger partial charge in [0, 0.05) is 28.5 Å². The summed E-state index contributed by atoms with van der Waals surface area (Å²) in [6.45, 7) is 2.23. The molecule has 10 heteroatoms. The number of halogens is 2. The summed E-state index contributed by atoms with van der Waals surface area (Å²) < 4.78 is 28.3. The average molecular weight is 679 g/mol. The molecule has 0 heterocycles. The van der Waals surface area contributed by atoms with E-state index in [1.165, 1.54) is 4.90 Å². The largest absolute Gasteiger partial charge is 0.354 e. The molecule has 7 nitrogen and oxygen atoms in total. The maximum Gasteiger partial charge on any atom is 0.244 e. The summed E-state index contributed by atoms with van der Waals surface area (Å²) in [6.07, 6.45) is 3.09. The predicted molar refractivity (Wildman–Crippen MR) is 163 cm³/mol. The molecule has 1 N–H and O–H groups in total. The molecule has 0 fully saturated rings. The number of hydrogen-bond acceptors (Lipinski definition) is 4. The van der Waals surface area contributed by atoms with Crippen molar-refractivity contribution in [3.8, 4) is 0 Å². The Hall–Kier alpha value is -2.69. The molecule has 0 saturated heterocycles. The van der Waals surface area contributed by atoms with Gasteiger partial charge in [-0.3, -0.25) is 13.9 Å². The molecule has 3 aromatic rings. The van der Waals surface area contributed by atoms with Crippen molar-refractivity contribution in [1.29, 1.82) is 0 Å². The molecule has 0 radical (unpaired) electrons. The third kappa shape index (κ3) is 9.47. The van der Waals surface area contributed by atoms with Crippen LogP contribution in [0.1, 0.15) is 30.9 Å². The molecule has 0 bridgehead atoms. The van der Waals surface area contributed by atoms with Gasteiger partial charge in [-0.05, 0) is 47.9 Å². The number of carbonyl (C=O) groups excluding carboxylic acids is 2.